The second-order valence-corrected chi connectivity index (χ2v) is 8.27. The molecular formula is C24H38O5Re. The van der Waals surface area contributed by atoms with Crippen molar-refractivity contribution in [1.82, 2.24) is 0 Å². The first-order chi connectivity index (χ1) is 13.5. The summed E-state index contributed by atoms with van der Waals surface area (Å²) in [5.74, 6) is 5.36. The minimum atomic E-state index is -1.03. The molecule has 0 bridgehead atoms. The van der Waals surface area contributed by atoms with Gasteiger partial charge >= 0.3 is 5.97 Å². The van der Waals surface area contributed by atoms with Crippen molar-refractivity contribution >= 4 is 5.97 Å². The van der Waals surface area contributed by atoms with E-state index in [1.165, 1.54) is 6.08 Å². The van der Waals surface area contributed by atoms with Crippen molar-refractivity contribution in [2.75, 3.05) is 0 Å². The van der Waals surface area contributed by atoms with Crippen LogP contribution in [0.25, 0.3) is 0 Å². The Labute approximate surface area is 195 Å². The molecule has 0 aromatic carbocycles. The summed E-state index contributed by atoms with van der Waals surface area (Å²) in [6.07, 6.45) is 12.3. The molecule has 30 heavy (non-hydrogen) atoms. The molecule has 0 aromatic rings. The molecule has 0 heterocycles. The smallest absolute Gasteiger partial charge is 0.303 e. The maximum absolute atomic E-state index is 10.4. The number of rotatable bonds is 13. The van der Waals surface area contributed by atoms with E-state index in [2.05, 4.69) is 18.8 Å². The first-order valence-corrected chi connectivity index (χ1v) is 10.3. The van der Waals surface area contributed by atoms with E-state index in [1.807, 2.05) is 32.9 Å². The third-order valence-corrected chi connectivity index (χ3v) is 4.39. The third kappa shape index (κ3) is 17.6. The summed E-state index contributed by atoms with van der Waals surface area (Å²) in [6.45, 7) is 7.92. The van der Waals surface area contributed by atoms with Crippen molar-refractivity contribution < 1.29 is 45.6 Å². The summed E-state index contributed by atoms with van der Waals surface area (Å²) in [4.78, 5) is 10.4. The van der Waals surface area contributed by atoms with Crippen molar-refractivity contribution in [3.8, 4) is 11.8 Å². The minimum Gasteiger partial charge on any atom is -0.481 e. The SMILES string of the molecule is CCCCC(C)(O)CC#CC(C)(C)\C=C/C=C/C=C/[C@@H](O)[C@@H](O)CCCC(=O)O.[Re]. The van der Waals surface area contributed by atoms with E-state index in [0.29, 0.717) is 12.8 Å². The summed E-state index contributed by atoms with van der Waals surface area (Å²) in [6, 6.07) is 0. The van der Waals surface area contributed by atoms with Crippen LogP contribution in [0.5, 0.6) is 0 Å². The van der Waals surface area contributed by atoms with E-state index in [1.54, 1.807) is 18.2 Å². The zero-order valence-electron chi connectivity index (χ0n) is 18.6. The summed E-state index contributed by atoms with van der Waals surface area (Å²) in [5, 5.41) is 38.4. The maximum atomic E-state index is 10.4. The van der Waals surface area contributed by atoms with Gasteiger partial charge in [0.15, 0.2) is 0 Å². The fourth-order valence-corrected chi connectivity index (χ4v) is 2.51. The van der Waals surface area contributed by atoms with E-state index < -0.39 is 23.8 Å². The molecule has 0 aliphatic heterocycles. The normalized spacial score (nSPS) is 16.1. The van der Waals surface area contributed by atoms with Crippen LogP contribution in [-0.4, -0.2) is 44.2 Å². The van der Waals surface area contributed by atoms with Crippen LogP contribution in [0.1, 0.15) is 72.6 Å². The van der Waals surface area contributed by atoms with Gasteiger partial charge in [0, 0.05) is 38.7 Å². The Balaban J connectivity index is 0. The molecule has 1 unspecified atom stereocenters. The summed E-state index contributed by atoms with van der Waals surface area (Å²) >= 11 is 0. The molecule has 171 valence electrons. The van der Waals surface area contributed by atoms with Crippen LogP contribution in [0.2, 0.25) is 0 Å². The molecule has 0 rings (SSSR count). The molecule has 0 saturated heterocycles. The summed E-state index contributed by atoms with van der Waals surface area (Å²) in [5.41, 5.74) is -1.07. The van der Waals surface area contributed by atoms with Crippen LogP contribution >= 0.6 is 0 Å². The number of aliphatic carboxylic acids is 1. The van der Waals surface area contributed by atoms with Gasteiger partial charge in [-0.1, -0.05) is 68.1 Å². The van der Waals surface area contributed by atoms with Gasteiger partial charge in [-0.25, -0.2) is 0 Å². The zero-order chi connectivity index (χ0) is 22.3. The van der Waals surface area contributed by atoms with Gasteiger partial charge in [-0.15, -0.1) is 0 Å². The monoisotopic (exact) mass is 593 g/mol. The van der Waals surface area contributed by atoms with Crippen molar-refractivity contribution in [2.45, 2.75) is 90.4 Å². The number of aliphatic hydroxyl groups is 3. The van der Waals surface area contributed by atoms with Gasteiger partial charge in [-0.3, -0.25) is 4.79 Å². The van der Waals surface area contributed by atoms with E-state index >= 15 is 0 Å². The number of carboxylic acids is 1. The predicted octanol–water partition coefficient (Wildman–Crippen LogP) is 3.99. The molecule has 6 heteroatoms. The van der Waals surface area contributed by atoms with E-state index in [4.69, 9.17) is 5.11 Å². The number of unbranched alkanes of at least 4 members (excludes halogenated alkanes) is 1. The van der Waals surface area contributed by atoms with Gasteiger partial charge in [-0.2, -0.15) is 0 Å². The average molecular weight is 593 g/mol. The van der Waals surface area contributed by atoms with E-state index in [0.717, 1.165) is 19.3 Å². The summed E-state index contributed by atoms with van der Waals surface area (Å²) in [7, 11) is 0. The molecule has 0 amide bonds. The number of carbonyl (C=O) groups is 1. The number of aliphatic hydroxyl groups excluding tert-OH is 2. The van der Waals surface area contributed by atoms with Crippen molar-refractivity contribution in [3.05, 3.63) is 36.5 Å². The molecule has 5 nitrogen and oxygen atoms in total. The molecule has 0 aliphatic carbocycles. The first kappa shape index (κ1) is 31.0. The Hall–Kier alpha value is -1.21. The van der Waals surface area contributed by atoms with Crippen LogP contribution in [0.4, 0.5) is 0 Å². The van der Waals surface area contributed by atoms with E-state index in [-0.39, 0.29) is 38.7 Å². The largest absolute Gasteiger partial charge is 0.481 e. The predicted molar refractivity (Wildman–Crippen MR) is 117 cm³/mol. The van der Waals surface area contributed by atoms with Gasteiger partial charge < -0.3 is 20.4 Å². The number of hydrogen-bond acceptors (Lipinski definition) is 4. The molecule has 0 spiro atoms. The second-order valence-electron chi connectivity index (χ2n) is 8.27. The molecule has 0 aromatic heterocycles. The Morgan fingerprint density at radius 1 is 1.07 bits per heavy atom. The van der Waals surface area contributed by atoms with Gasteiger partial charge in [0.1, 0.15) is 0 Å². The topological polar surface area (TPSA) is 98.0 Å². The standard InChI is InChI=1S/C24H38O5.Re/c1-5-6-18-24(4,29)19-12-17-23(2,3)16-10-8-7-9-13-20(25)21(26)14-11-15-22(27)28;/h7-10,13,16,20-21,25-26,29H,5-6,11,14-15,18-19H2,1-4H3,(H,27,28);/b8-7+,13-9+,16-10-;/t20-,21+,24?;/m1./s1. The molecule has 0 fully saturated rings. The number of carboxylic acid groups (broad SMARTS) is 1. The van der Waals surface area contributed by atoms with Crippen molar-refractivity contribution in [2.24, 2.45) is 5.41 Å². The zero-order valence-corrected chi connectivity index (χ0v) is 21.4. The molecular weight excluding hydrogens is 554 g/mol. The third-order valence-electron chi connectivity index (χ3n) is 4.39. The van der Waals surface area contributed by atoms with Gasteiger partial charge in [0.2, 0.25) is 0 Å². The molecule has 0 saturated carbocycles. The maximum Gasteiger partial charge on any atom is 0.303 e. The van der Waals surface area contributed by atoms with Crippen molar-refractivity contribution in [1.29, 1.82) is 0 Å². The van der Waals surface area contributed by atoms with Gasteiger partial charge in [0.05, 0.1) is 17.8 Å². The number of hydrogen-bond donors (Lipinski definition) is 4. The second kappa shape index (κ2) is 16.5. The Bertz CT molecular complexity index is 623. The fraction of sp³-hybridized carbons (Fsp3) is 0.625. The van der Waals surface area contributed by atoms with Crippen molar-refractivity contribution in [3.63, 3.8) is 0 Å². The summed E-state index contributed by atoms with van der Waals surface area (Å²) < 4.78 is 0. The average Bonchev–Trinajstić information content (AvgIpc) is 2.61. The molecule has 4 N–H and O–H groups in total. The molecule has 0 aliphatic rings. The Kier molecular flexibility index (Phi) is 17.0. The van der Waals surface area contributed by atoms with Crippen LogP contribution in [0, 0.1) is 17.3 Å². The number of allylic oxidation sites excluding steroid dienone is 5. The minimum absolute atomic E-state index is 0. The molecule has 1 radical (unpaired) electrons. The Morgan fingerprint density at radius 2 is 1.70 bits per heavy atom. The van der Waals surface area contributed by atoms with Gasteiger partial charge in [-0.05, 0) is 40.0 Å². The van der Waals surface area contributed by atoms with Gasteiger partial charge in [0.25, 0.3) is 0 Å². The quantitative estimate of drug-likeness (QED) is 0.192. The first-order valence-electron chi connectivity index (χ1n) is 10.3. The van der Waals surface area contributed by atoms with Crippen LogP contribution in [0.3, 0.4) is 0 Å². The fourth-order valence-electron chi connectivity index (χ4n) is 2.51. The van der Waals surface area contributed by atoms with Crippen LogP contribution in [-0.2, 0) is 25.2 Å². The molecule has 3 atom stereocenters. The van der Waals surface area contributed by atoms with Crippen LogP contribution in [0.15, 0.2) is 36.5 Å². The van der Waals surface area contributed by atoms with E-state index in [9.17, 15) is 20.1 Å². The van der Waals surface area contributed by atoms with Crippen LogP contribution < -0.4 is 0 Å². The Morgan fingerprint density at radius 3 is 2.30 bits per heavy atom.